The van der Waals surface area contributed by atoms with E-state index in [9.17, 15) is 4.79 Å². The Morgan fingerprint density at radius 2 is 1.12 bits per heavy atom. The molecule has 0 spiro atoms. The Morgan fingerprint density at radius 3 is 1.58 bits per heavy atom. The molecule has 342 valence electrons. The summed E-state index contributed by atoms with van der Waals surface area (Å²) in [5, 5.41) is 1.38. The second kappa shape index (κ2) is 27.5. The van der Waals surface area contributed by atoms with Crippen LogP contribution in [0.4, 0.5) is 0 Å². The number of aromatic amines is 1. The van der Waals surface area contributed by atoms with Crippen LogP contribution in [0.2, 0.25) is 36.3 Å². The second-order valence-electron chi connectivity index (χ2n) is 21.0. The van der Waals surface area contributed by atoms with Gasteiger partial charge in [-0.25, -0.2) is 0 Å². The van der Waals surface area contributed by atoms with Gasteiger partial charge in [0.15, 0.2) is 16.6 Å². The van der Waals surface area contributed by atoms with Gasteiger partial charge in [0.1, 0.15) is 6.04 Å². The van der Waals surface area contributed by atoms with Gasteiger partial charge >= 0.3 is 5.97 Å². The van der Waals surface area contributed by atoms with Gasteiger partial charge in [0.2, 0.25) is 0 Å². The summed E-state index contributed by atoms with van der Waals surface area (Å²) in [4.78, 5) is 19.1. The number of hydrogen-bond donors (Lipinski definition) is 2. The molecule has 0 saturated carbocycles. The third-order valence-electron chi connectivity index (χ3n) is 13.5. The van der Waals surface area contributed by atoms with Crippen LogP contribution in [-0.4, -0.2) is 77.0 Å². The summed E-state index contributed by atoms with van der Waals surface area (Å²) in [5.41, 5.74) is 8.53. The first kappa shape index (κ1) is 53.6. The number of carbonyl (C=O) groups excluding carboxylic acids is 1. The number of carbonyl (C=O) groups is 1. The summed E-state index contributed by atoms with van der Waals surface area (Å²) in [6.45, 7) is 31.3. The van der Waals surface area contributed by atoms with Crippen molar-refractivity contribution in [3.05, 3.63) is 36.0 Å². The molecular formula is C50H95N3O4Si2. The number of nitrogens with one attached hydrogen (secondary N) is 1. The number of H-pyrrole nitrogens is 1. The van der Waals surface area contributed by atoms with Gasteiger partial charge in [0.05, 0.1) is 18.8 Å². The van der Waals surface area contributed by atoms with Crippen LogP contribution < -0.4 is 5.73 Å². The molecule has 0 aliphatic heterocycles. The number of rotatable bonds is 33. The first-order valence-electron chi connectivity index (χ1n) is 24.4. The number of benzene rings is 1. The fraction of sp³-hybridized carbons (Fsp3) is 0.820. The van der Waals surface area contributed by atoms with E-state index in [0.717, 1.165) is 55.4 Å². The number of hydrogen-bond acceptors (Lipinski definition) is 6. The van der Waals surface area contributed by atoms with E-state index in [0.29, 0.717) is 13.0 Å². The van der Waals surface area contributed by atoms with Crippen molar-refractivity contribution in [3.8, 4) is 0 Å². The van der Waals surface area contributed by atoms with Gasteiger partial charge in [-0.2, -0.15) is 0 Å². The quantitative estimate of drug-likeness (QED) is 0.0422. The topological polar surface area (TPSA) is 89.8 Å². The summed E-state index contributed by atoms with van der Waals surface area (Å²) in [6.07, 6.45) is 26.7. The molecule has 0 saturated heterocycles. The standard InChI is InChI=1S/C50H95N3O4Si2/c1-13-15-17-19-21-23-25-27-32-43(56-58(9,10)49(3,4)5)40-53(36-31-37-55-48(54)46(51)38-42-39-52-47-35-30-29-34-45(42)47)41-44(57-59(11,12)50(6,7)8)33-28-26-24-22-20-18-16-14-2/h29-30,34-35,39,43-44,46,52H,13-28,31-33,36-38,40-41,51H2,1-12H3. The van der Waals surface area contributed by atoms with Gasteiger partial charge in [0.25, 0.3) is 0 Å². The van der Waals surface area contributed by atoms with Crippen LogP contribution >= 0.6 is 0 Å². The highest BCUT2D eigenvalue weighted by Crippen LogP contribution is 2.39. The highest BCUT2D eigenvalue weighted by molar-refractivity contribution is 6.74. The van der Waals surface area contributed by atoms with E-state index in [-0.39, 0.29) is 28.3 Å². The summed E-state index contributed by atoms with van der Waals surface area (Å²) in [5.74, 6) is -0.329. The van der Waals surface area contributed by atoms with E-state index in [1.54, 1.807) is 0 Å². The smallest absolute Gasteiger partial charge is 0.323 e. The molecule has 1 aromatic heterocycles. The summed E-state index contributed by atoms with van der Waals surface area (Å²) >= 11 is 0. The number of ether oxygens (including phenoxy) is 1. The summed E-state index contributed by atoms with van der Waals surface area (Å²) in [6, 6.07) is 7.44. The third-order valence-corrected chi connectivity index (χ3v) is 22.6. The van der Waals surface area contributed by atoms with E-state index in [1.165, 1.54) is 103 Å². The van der Waals surface area contributed by atoms with E-state index in [2.05, 4.69) is 97.5 Å². The lowest BCUT2D eigenvalue weighted by Crippen LogP contribution is -2.50. The van der Waals surface area contributed by atoms with Crippen molar-refractivity contribution in [3.63, 3.8) is 0 Å². The molecule has 1 heterocycles. The minimum atomic E-state index is -2.02. The van der Waals surface area contributed by atoms with Gasteiger partial charge < -0.3 is 24.3 Å². The molecule has 3 atom stereocenters. The highest BCUT2D eigenvalue weighted by atomic mass is 28.4. The molecule has 7 nitrogen and oxygen atoms in total. The zero-order valence-corrected chi connectivity index (χ0v) is 42.7. The minimum absolute atomic E-state index is 0.138. The Balaban J connectivity index is 2.23. The van der Waals surface area contributed by atoms with Gasteiger partial charge in [-0.3, -0.25) is 9.69 Å². The van der Waals surface area contributed by atoms with Crippen LogP contribution in [0.15, 0.2) is 30.5 Å². The number of fused-ring (bicyclic) bond motifs is 1. The van der Waals surface area contributed by atoms with Crippen LogP contribution in [0.3, 0.4) is 0 Å². The van der Waals surface area contributed by atoms with Crippen LogP contribution in [0.1, 0.15) is 183 Å². The van der Waals surface area contributed by atoms with E-state index in [4.69, 9.17) is 19.3 Å². The highest BCUT2D eigenvalue weighted by Gasteiger charge is 2.41. The molecule has 0 aliphatic carbocycles. The van der Waals surface area contributed by atoms with E-state index >= 15 is 0 Å². The average molecular weight is 858 g/mol. The van der Waals surface area contributed by atoms with E-state index in [1.807, 2.05) is 24.4 Å². The summed E-state index contributed by atoms with van der Waals surface area (Å²) in [7, 11) is -4.03. The predicted molar refractivity (Wildman–Crippen MR) is 261 cm³/mol. The van der Waals surface area contributed by atoms with Crippen molar-refractivity contribution >= 4 is 33.5 Å². The van der Waals surface area contributed by atoms with Gasteiger partial charge in [-0.1, -0.05) is 176 Å². The summed E-state index contributed by atoms with van der Waals surface area (Å²) < 4.78 is 20.5. The molecule has 0 amide bonds. The van der Waals surface area contributed by atoms with Gasteiger partial charge in [0, 0.05) is 43.2 Å². The Labute approximate surface area is 366 Å². The first-order chi connectivity index (χ1) is 27.8. The van der Waals surface area contributed by atoms with Crippen LogP contribution in [0.5, 0.6) is 0 Å². The third kappa shape index (κ3) is 21.0. The Kier molecular flexibility index (Phi) is 25.0. The molecule has 1 aromatic carbocycles. The zero-order valence-electron chi connectivity index (χ0n) is 40.7. The zero-order chi connectivity index (χ0) is 44.0. The fourth-order valence-electron chi connectivity index (χ4n) is 7.60. The van der Waals surface area contributed by atoms with Gasteiger partial charge in [-0.05, 0) is 67.2 Å². The van der Waals surface area contributed by atoms with Crippen molar-refractivity contribution in [2.75, 3.05) is 26.2 Å². The van der Waals surface area contributed by atoms with Crippen LogP contribution in [0, 0.1) is 0 Å². The number of nitrogens with zero attached hydrogens (tertiary/aromatic N) is 1. The van der Waals surface area contributed by atoms with Crippen LogP contribution in [-0.2, 0) is 24.8 Å². The Morgan fingerprint density at radius 1 is 0.678 bits per heavy atom. The molecule has 3 N–H and O–H groups in total. The normalized spacial score (nSPS) is 14.6. The molecule has 0 radical (unpaired) electrons. The van der Waals surface area contributed by atoms with Crippen molar-refractivity contribution in [1.29, 1.82) is 0 Å². The lowest BCUT2D eigenvalue weighted by Gasteiger charge is -2.42. The number of para-hydroxylation sites is 1. The second-order valence-corrected chi connectivity index (χ2v) is 30.5. The number of aromatic nitrogens is 1. The van der Waals surface area contributed by atoms with Crippen molar-refractivity contribution in [2.45, 2.75) is 238 Å². The SMILES string of the molecule is CCCCCCCCCCC(CN(CCCOC(=O)C(N)Cc1c[nH]c2ccccc12)CC(CCCCCCCCCC)O[Si](C)(C)C(C)(C)C)O[Si](C)(C)C(C)(C)C. The molecule has 0 fully saturated rings. The van der Waals surface area contributed by atoms with Gasteiger partial charge in [-0.15, -0.1) is 0 Å². The first-order valence-corrected chi connectivity index (χ1v) is 30.2. The maximum atomic E-state index is 13.2. The average Bonchev–Trinajstić information content (AvgIpc) is 3.56. The Hall–Kier alpha value is -1.50. The lowest BCUT2D eigenvalue weighted by atomic mass is 10.0. The lowest BCUT2D eigenvalue weighted by molar-refractivity contribution is -0.145. The van der Waals surface area contributed by atoms with Crippen molar-refractivity contribution in [2.24, 2.45) is 5.73 Å². The molecule has 0 bridgehead atoms. The monoisotopic (exact) mass is 858 g/mol. The molecule has 9 heteroatoms. The number of unbranched alkanes of at least 4 members (excludes halogenated alkanes) is 14. The minimum Gasteiger partial charge on any atom is -0.464 e. The van der Waals surface area contributed by atoms with Crippen molar-refractivity contribution in [1.82, 2.24) is 9.88 Å². The molecule has 59 heavy (non-hydrogen) atoms. The largest absolute Gasteiger partial charge is 0.464 e. The molecule has 2 rings (SSSR count). The Bertz CT molecular complexity index is 1340. The number of nitrogens with two attached hydrogens (primary N) is 1. The number of esters is 1. The molecule has 2 aromatic rings. The van der Waals surface area contributed by atoms with E-state index < -0.39 is 22.7 Å². The molecular weight excluding hydrogens is 763 g/mol. The van der Waals surface area contributed by atoms with Crippen LogP contribution in [0.25, 0.3) is 10.9 Å². The van der Waals surface area contributed by atoms with Crippen molar-refractivity contribution < 1.29 is 18.4 Å². The molecule has 0 aliphatic rings. The maximum Gasteiger partial charge on any atom is 0.323 e. The fourth-order valence-corrected chi connectivity index (χ4v) is 10.4. The maximum absolute atomic E-state index is 13.2. The molecule has 3 unspecified atom stereocenters. The predicted octanol–water partition coefficient (Wildman–Crippen LogP) is 14.1.